The van der Waals surface area contributed by atoms with Crippen LogP contribution in [0.3, 0.4) is 0 Å². The Labute approximate surface area is 81.2 Å². The van der Waals surface area contributed by atoms with Gasteiger partial charge in [0.2, 0.25) is 0 Å². The average molecular weight is 180 g/mol. The van der Waals surface area contributed by atoms with Crippen LogP contribution in [0.15, 0.2) is 9.98 Å². The maximum absolute atomic E-state index is 4.50. The highest BCUT2D eigenvalue weighted by molar-refractivity contribution is 5.85. The van der Waals surface area contributed by atoms with E-state index in [1.54, 1.807) is 6.34 Å². The number of hydrogen-bond donors (Lipinski definition) is 0. The van der Waals surface area contributed by atoms with E-state index in [9.17, 15) is 0 Å². The minimum absolute atomic E-state index is 0.0754. The number of nitrogens with zero attached hydrogens (tertiary/aromatic N) is 2. The molecule has 0 aromatic heterocycles. The van der Waals surface area contributed by atoms with Crippen LogP contribution in [0, 0.1) is 0 Å². The molecule has 1 heterocycles. The third kappa shape index (κ3) is 2.94. The van der Waals surface area contributed by atoms with Gasteiger partial charge in [0.05, 0.1) is 5.54 Å². The number of unbranched alkanes of at least 4 members (excludes halogenated alkanes) is 2. The van der Waals surface area contributed by atoms with E-state index in [0.29, 0.717) is 0 Å². The van der Waals surface area contributed by atoms with Crippen molar-refractivity contribution in [2.45, 2.75) is 57.9 Å². The largest absolute Gasteiger partial charge is 0.261 e. The second-order valence-corrected chi connectivity index (χ2v) is 3.83. The van der Waals surface area contributed by atoms with Gasteiger partial charge in [-0.25, -0.2) is 4.99 Å². The van der Waals surface area contributed by atoms with E-state index in [4.69, 9.17) is 0 Å². The standard InChI is InChI=1S/C11H20N2/c1-3-5-7-11(8-6-4-2)9-12-10-13-11/h9-10H,3-8H2,1-2H3. The van der Waals surface area contributed by atoms with Crippen LogP contribution in [0.1, 0.15) is 52.4 Å². The van der Waals surface area contributed by atoms with Gasteiger partial charge in [0.15, 0.2) is 0 Å². The van der Waals surface area contributed by atoms with Gasteiger partial charge < -0.3 is 0 Å². The summed E-state index contributed by atoms with van der Waals surface area (Å²) in [6.45, 7) is 4.45. The topological polar surface area (TPSA) is 24.7 Å². The normalized spacial score (nSPS) is 18.3. The van der Waals surface area contributed by atoms with Crippen molar-refractivity contribution in [3.63, 3.8) is 0 Å². The summed E-state index contributed by atoms with van der Waals surface area (Å²) >= 11 is 0. The molecule has 0 aromatic rings. The van der Waals surface area contributed by atoms with Crippen molar-refractivity contribution >= 4 is 12.6 Å². The first-order valence-electron chi connectivity index (χ1n) is 5.41. The van der Waals surface area contributed by atoms with Crippen LogP contribution in [0.5, 0.6) is 0 Å². The van der Waals surface area contributed by atoms with Crippen LogP contribution < -0.4 is 0 Å². The maximum atomic E-state index is 4.50. The van der Waals surface area contributed by atoms with Gasteiger partial charge in [-0.05, 0) is 12.8 Å². The quantitative estimate of drug-likeness (QED) is 0.599. The molecule has 1 aliphatic rings. The Balaban J connectivity index is 2.44. The van der Waals surface area contributed by atoms with E-state index in [1.807, 2.05) is 6.21 Å². The summed E-state index contributed by atoms with van der Waals surface area (Å²) in [6, 6.07) is 0. The second-order valence-electron chi connectivity index (χ2n) is 3.83. The molecule has 1 aliphatic heterocycles. The van der Waals surface area contributed by atoms with Crippen LogP contribution in [-0.2, 0) is 0 Å². The van der Waals surface area contributed by atoms with E-state index in [0.717, 1.165) is 0 Å². The molecule has 2 nitrogen and oxygen atoms in total. The molecule has 0 spiro atoms. The van der Waals surface area contributed by atoms with E-state index < -0.39 is 0 Å². The highest BCUT2D eigenvalue weighted by atomic mass is 15.0. The van der Waals surface area contributed by atoms with E-state index >= 15 is 0 Å². The molecule has 1 rings (SSSR count). The molecule has 0 radical (unpaired) electrons. The highest BCUT2D eigenvalue weighted by Gasteiger charge is 2.27. The number of aliphatic imine (C=N–C) groups is 2. The Hall–Kier alpha value is -0.660. The lowest BCUT2D eigenvalue weighted by Gasteiger charge is -2.22. The Morgan fingerprint density at radius 2 is 1.69 bits per heavy atom. The first kappa shape index (κ1) is 10.4. The first-order chi connectivity index (χ1) is 6.33. The highest BCUT2D eigenvalue weighted by Crippen LogP contribution is 2.26. The Kier molecular flexibility index (Phi) is 4.13. The molecule has 0 N–H and O–H groups in total. The predicted octanol–water partition coefficient (Wildman–Crippen LogP) is 3.22. The summed E-state index contributed by atoms with van der Waals surface area (Å²) in [4.78, 5) is 8.62. The lowest BCUT2D eigenvalue weighted by Crippen LogP contribution is -2.26. The lowest BCUT2D eigenvalue weighted by atomic mass is 9.89. The number of hydrogen-bond acceptors (Lipinski definition) is 2. The molecule has 0 unspecified atom stereocenters. The Morgan fingerprint density at radius 3 is 2.08 bits per heavy atom. The van der Waals surface area contributed by atoms with Gasteiger partial charge in [0.1, 0.15) is 6.34 Å². The minimum atomic E-state index is 0.0754. The zero-order chi connectivity index (χ0) is 9.57. The van der Waals surface area contributed by atoms with E-state index in [1.165, 1.54) is 38.5 Å². The molecular weight excluding hydrogens is 160 g/mol. The molecule has 0 fully saturated rings. The summed E-state index contributed by atoms with van der Waals surface area (Å²) < 4.78 is 0. The van der Waals surface area contributed by atoms with Crippen molar-refractivity contribution in [3.8, 4) is 0 Å². The Bertz CT molecular complexity index is 172. The van der Waals surface area contributed by atoms with Gasteiger partial charge >= 0.3 is 0 Å². The summed E-state index contributed by atoms with van der Waals surface area (Å²) in [5, 5.41) is 0. The monoisotopic (exact) mass is 180 g/mol. The summed E-state index contributed by atoms with van der Waals surface area (Å²) in [5.41, 5.74) is 0.0754. The lowest BCUT2D eigenvalue weighted by molar-refractivity contribution is 0.462. The Morgan fingerprint density at radius 1 is 1.08 bits per heavy atom. The van der Waals surface area contributed by atoms with Gasteiger partial charge in [-0.1, -0.05) is 39.5 Å². The predicted molar refractivity (Wildman–Crippen MR) is 58.8 cm³/mol. The SMILES string of the molecule is CCCCC1(CCCC)C=NC=N1. The molecule has 0 aliphatic carbocycles. The van der Waals surface area contributed by atoms with E-state index in [2.05, 4.69) is 23.8 Å². The molecule has 2 heteroatoms. The zero-order valence-corrected chi connectivity index (χ0v) is 8.79. The smallest absolute Gasteiger partial charge is 0.110 e. The summed E-state index contributed by atoms with van der Waals surface area (Å²) in [6.07, 6.45) is 11.1. The van der Waals surface area contributed by atoms with Crippen molar-refractivity contribution in [3.05, 3.63) is 0 Å². The molecule has 0 amide bonds. The van der Waals surface area contributed by atoms with Crippen LogP contribution in [-0.4, -0.2) is 18.1 Å². The van der Waals surface area contributed by atoms with Crippen LogP contribution >= 0.6 is 0 Å². The minimum Gasteiger partial charge on any atom is -0.261 e. The van der Waals surface area contributed by atoms with Gasteiger partial charge in [-0.2, -0.15) is 0 Å². The van der Waals surface area contributed by atoms with Gasteiger partial charge in [0.25, 0.3) is 0 Å². The molecule has 0 bridgehead atoms. The fraction of sp³-hybridized carbons (Fsp3) is 0.818. The van der Waals surface area contributed by atoms with Crippen molar-refractivity contribution < 1.29 is 0 Å². The molecule has 13 heavy (non-hydrogen) atoms. The van der Waals surface area contributed by atoms with Gasteiger partial charge in [-0.3, -0.25) is 4.99 Å². The van der Waals surface area contributed by atoms with Crippen molar-refractivity contribution in [1.82, 2.24) is 0 Å². The van der Waals surface area contributed by atoms with Crippen LogP contribution in [0.25, 0.3) is 0 Å². The van der Waals surface area contributed by atoms with Gasteiger partial charge in [-0.15, -0.1) is 0 Å². The van der Waals surface area contributed by atoms with Crippen molar-refractivity contribution in [1.29, 1.82) is 0 Å². The molecule has 0 saturated carbocycles. The van der Waals surface area contributed by atoms with E-state index in [-0.39, 0.29) is 5.54 Å². The molecule has 74 valence electrons. The third-order valence-corrected chi connectivity index (χ3v) is 2.62. The molecule has 0 aromatic carbocycles. The van der Waals surface area contributed by atoms with Crippen LogP contribution in [0.4, 0.5) is 0 Å². The van der Waals surface area contributed by atoms with Gasteiger partial charge in [0, 0.05) is 6.21 Å². The maximum Gasteiger partial charge on any atom is 0.110 e. The molecule has 0 saturated heterocycles. The fourth-order valence-electron chi connectivity index (χ4n) is 1.70. The van der Waals surface area contributed by atoms with Crippen molar-refractivity contribution in [2.24, 2.45) is 9.98 Å². The second kappa shape index (κ2) is 5.15. The van der Waals surface area contributed by atoms with Crippen molar-refractivity contribution in [2.75, 3.05) is 0 Å². The number of rotatable bonds is 6. The summed E-state index contributed by atoms with van der Waals surface area (Å²) in [5.74, 6) is 0. The molecule has 0 atom stereocenters. The van der Waals surface area contributed by atoms with Crippen LogP contribution in [0.2, 0.25) is 0 Å². The summed E-state index contributed by atoms with van der Waals surface area (Å²) in [7, 11) is 0. The average Bonchev–Trinajstić information content (AvgIpc) is 2.61. The first-order valence-corrected chi connectivity index (χ1v) is 5.41. The fourth-order valence-corrected chi connectivity index (χ4v) is 1.70. The zero-order valence-electron chi connectivity index (χ0n) is 8.79. The molecular formula is C11H20N2. The third-order valence-electron chi connectivity index (χ3n) is 2.62.